The van der Waals surface area contributed by atoms with Crippen molar-refractivity contribution in [2.75, 3.05) is 0 Å². The lowest BCUT2D eigenvalue weighted by Crippen LogP contribution is -1.99. The van der Waals surface area contributed by atoms with Crippen molar-refractivity contribution in [1.82, 2.24) is 15.0 Å². The third-order valence-electron chi connectivity index (χ3n) is 2.50. The first kappa shape index (κ1) is 10.0. The summed E-state index contributed by atoms with van der Waals surface area (Å²) in [5.74, 6) is 0.407. The van der Waals surface area contributed by atoms with Crippen LogP contribution in [0.1, 0.15) is 38.1 Å². The molecular weight excluding hydrogens is 186 g/mol. The zero-order chi connectivity index (χ0) is 10.8. The van der Waals surface area contributed by atoms with Gasteiger partial charge in [0.1, 0.15) is 6.33 Å². The van der Waals surface area contributed by atoms with Crippen molar-refractivity contribution in [1.29, 1.82) is 0 Å². The normalized spacial score (nSPS) is 11.2. The van der Waals surface area contributed by atoms with Gasteiger partial charge in [0.05, 0.1) is 11.2 Å². The number of pyridine rings is 1. The van der Waals surface area contributed by atoms with Crippen molar-refractivity contribution in [3.8, 4) is 0 Å². The molecule has 0 aliphatic heterocycles. The van der Waals surface area contributed by atoms with E-state index in [9.17, 15) is 0 Å². The maximum atomic E-state index is 4.64. The summed E-state index contributed by atoms with van der Waals surface area (Å²) in [6, 6.07) is 2.04. The van der Waals surface area contributed by atoms with Crippen LogP contribution in [0.3, 0.4) is 0 Å². The van der Waals surface area contributed by atoms with Crippen molar-refractivity contribution in [3.05, 3.63) is 30.0 Å². The molecule has 0 saturated carbocycles. The van der Waals surface area contributed by atoms with Crippen molar-refractivity contribution in [3.63, 3.8) is 0 Å². The van der Waals surface area contributed by atoms with Crippen LogP contribution in [0, 0.1) is 0 Å². The summed E-state index contributed by atoms with van der Waals surface area (Å²) in [5.41, 5.74) is 3.20. The van der Waals surface area contributed by atoms with Crippen molar-refractivity contribution >= 4 is 10.9 Å². The Balaban J connectivity index is 2.74. The van der Waals surface area contributed by atoms with Crippen LogP contribution in [-0.4, -0.2) is 15.0 Å². The van der Waals surface area contributed by atoms with Gasteiger partial charge in [0.15, 0.2) is 0 Å². The zero-order valence-electron chi connectivity index (χ0n) is 9.36. The second-order valence-corrected chi connectivity index (χ2v) is 3.96. The fourth-order valence-electron chi connectivity index (χ4n) is 1.68. The Bertz CT molecular complexity index is 477. The highest BCUT2D eigenvalue weighted by molar-refractivity contribution is 5.80. The van der Waals surface area contributed by atoms with Gasteiger partial charge in [-0.3, -0.25) is 4.98 Å². The molecule has 0 radical (unpaired) electrons. The minimum Gasteiger partial charge on any atom is -0.257 e. The molecule has 3 nitrogen and oxygen atoms in total. The van der Waals surface area contributed by atoms with Gasteiger partial charge in [-0.2, -0.15) is 0 Å². The van der Waals surface area contributed by atoms with E-state index < -0.39 is 0 Å². The number of fused-ring (bicyclic) bond motifs is 1. The van der Waals surface area contributed by atoms with Crippen LogP contribution in [0.25, 0.3) is 10.9 Å². The molecule has 2 aromatic rings. The second kappa shape index (κ2) is 3.93. The van der Waals surface area contributed by atoms with Gasteiger partial charge in [0.25, 0.3) is 0 Å². The monoisotopic (exact) mass is 201 g/mol. The number of hydrogen-bond donors (Lipinski definition) is 0. The second-order valence-electron chi connectivity index (χ2n) is 3.96. The molecule has 0 spiro atoms. The van der Waals surface area contributed by atoms with Crippen LogP contribution in [0.15, 0.2) is 18.6 Å². The highest BCUT2D eigenvalue weighted by Gasteiger charge is 2.09. The average Bonchev–Trinajstić information content (AvgIpc) is 2.27. The van der Waals surface area contributed by atoms with Crippen molar-refractivity contribution in [2.24, 2.45) is 0 Å². The van der Waals surface area contributed by atoms with Gasteiger partial charge in [0, 0.05) is 17.3 Å². The minimum atomic E-state index is 0.407. The molecular formula is C12H15N3. The first-order valence-electron chi connectivity index (χ1n) is 5.32. The lowest BCUT2D eigenvalue weighted by molar-refractivity contribution is 0.817. The van der Waals surface area contributed by atoms with E-state index in [1.165, 1.54) is 0 Å². The Morgan fingerprint density at radius 1 is 1.33 bits per heavy atom. The standard InChI is InChI=1S/C12H15N3/c1-4-9-5-11-10(6-13-7-14-11)12(15-9)8(2)3/h5-8H,4H2,1-3H3. The molecule has 0 aliphatic rings. The van der Waals surface area contributed by atoms with Gasteiger partial charge in [-0.15, -0.1) is 0 Å². The van der Waals surface area contributed by atoms with Crippen LogP contribution in [0.4, 0.5) is 0 Å². The van der Waals surface area contributed by atoms with E-state index in [-0.39, 0.29) is 0 Å². The van der Waals surface area contributed by atoms with E-state index in [2.05, 4.69) is 35.7 Å². The van der Waals surface area contributed by atoms with E-state index in [0.29, 0.717) is 5.92 Å². The molecule has 0 bridgehead atoms. The summed E-state index contributed by atoms with van der Waals surface area (Å²) in [5, 5.41) is 1.07. The molecule has 0 amide bonds. The van der Waals surface area contributed by atoms with Gasteiger partial charge in [-0.05, 0) is 18.4 Å². The van der Waals surface area contributed by atoms with Crippen molar-refractivity contribution in [2.45, 2.75) is 33.1 Å². The van der Waals surface area contributed by atoms with Crippen LogP contribution in [0.5, 0.6) is 0 Å². The van der Waals surface area contributed by atoms with E-state index in [0.717, 1.165) is 28.7 Å². The van der Waals surface area contributed by atoms with Crippen LogP contribution in [0.2, 0.25) is 0 Å². The molecule has 2 heterocycles. The number of aryl methyl sites for hydroxylation is 1. The van der Waals surface area contributed by atoms with Gasteiger partial charge >= 0.3 is 0 Å². The average molecular weight is 201 g/mol. The maximum Gasteiger partial charge on any atom is 0.116 e. The van der Waals surface area contributed by atoms with E-state index in [1.54, 1.807) is 6.33 Å². The summed E-state index contributed by atoms with van der Waals surface area (Å²) in [6.45, 7) is 6.40. The third-order valence-corrected chi connectivity index (χ3v) is 2.50. The van der Waals surface area contributed by atoms with Crippen LogP contribution in [-0.2, 0) is 6.42 Å². The zero-order valence-corrected chi connectivity index (χ0v) is 9.36. The number of nitrogens with zero attached hydrogens (tertiary/aromatic N) is 3. The number of aromatic nitrogens is 3. The Morgan fingerprint density at radius 2 is 2.13 bits per heavy atom. The Hall–Kier alpha value is -1.51. The fraction of sp³-hybridized carbons (Fsp3) is 0.417. The molecule has 78 valence electrons. The van der Waals surface area contributed by atoms with Crippen LogP contribution < -0.4 is 0 Å². The van der Waals surface area contributed by atoms with Crippen molar-refractivity contribution < 1.29 is 0 Å². The Labute approximate surface area is 89.6 Å². The van der Waals surface area contributed by atoms with Gasteiger partial charge < -0.3 is 0 Å². The molecule has 0 N–H and O–H groups in total. The predicted octanol–water partition coefficient (Wildman–Crippen LogP) is 2.71. The third kappa shape index (κ3) is 1.82. The smallest absolute Gasteiger partial charge is 0.116 e. The first-order valence-corrected chi connectivity index (χ1v) is 5.32. The summed E-state index contributed by atoms with van der Waals surface area (Å²) < 4.78 is 0. The molecule has 2 rings (SSSR count). The van der Waals surface area contributed by atoms with E-state index in [1.807, 2.05) is 12.3 Å². The molecule has 0 fully saturated rings. The highest BCUT2D eigenvalue weighted by Crippen LogP contribution is 2.22. The SMILES string of the molecule is CCc1cc2ncncc2c(C(C)C)n1. The number of rotatable bonds is 2. The number of hydrogen-bond acceptors (Lipinski definition) is 3. The largest absolute Gasteiger partial charge is 0.257 e. The molecule has 0 aromatic carbocycles. The van der Waals surface area contributed by atoms with Gasteiger partial charge in [0.2, 0.25) is 0 Å². The maximum absolute atomic E-state index is 4.64. The summed E-state index contributed by atoms with van der Waals surface area (Å²) >= 11 is 0. The highest BCUT2D eigenvalue weighted by atomic mass is 14.8. The topological polar surface area (TPSA) is 38.7 Å². The molecule has 0 unspecified atom stereocenters. The summed E-state index contributed by atoms with van der Waals surface area (Å²) in [7, 11) is 0. The first-order chi connectivity index (χ1) is 7.22. The van der Waals surface area contributed by atoms with E-state index >= 15 is 0 Å². The molecule has 3 heteroatoms. The molecule has 0 atom stereocenters. The van der Waals surface area contributed by atoms with E-state index in [4.69, 9.17) is 0 Å². The minimum absolute atomic E-state index is 0.407. The quantitative estimate of drug-likeness (QED) is 0.749. The van der Waals surface area contributed by atoms with Crippen LogP contribution >= 0.6 is 0 Å². The lowest BCUT2D eigenvalue weighted by atomic mass is 10.0. The summed E-state index contributed by atoms with van der Waals surface area (Å²) in [4.78, 5) is 13.0. The Morgan fingerprint density at radius 3 is 2.80 bits per heavy atom. The van der Waals surface area contributed by atoms with Gasteiger partial charge in [-0.25, -0.2) is 9.97 Å². The van der Waals surface area contributed by atoms with Gasteiger partial charge in [-0.1, -0.05) is 20.8 Å². The lowest BCUT2D eigenvalue weighted by Gasteiger charge is -2.09. The molecule has 0 aliphatic carbocycles. The molecule has 15 heavy (non-hydrogen) atoms. The molecule has 0 saturated heterocycles. The Kier molecular flexibility index (Phi) is 2.62. The predicted molar refractivity (Wildman–Crippen MR) is 60.8 cm³/mol. The summed E-state index contributed by atoms with van der Waals surface area (Å²) in [6.07, 6.45) is 4.38. The molecule has 2 aromatic heterocycles. The fourth-order valence-corrected chi connectivity index (χ4v) is 1.68.